The lowest BCUT2D eigenvalue weighted by atomic mass is 9.89. The largest absolute Gasteiger partial charge is 0.495 e. The number of morpholine rings is 1. The Labute approximate surface area is 403 Å². The second-order valence-corrected chi connectivity index (χ2v) is 18.7. The molecule has 4 aromatic carbocycles. The lowest BCUT2D eigenvalue weighted by Crippen LogP contribution is -2.57. The average molecular weight is 956 g/mol. The maximum atomic E-state index is 15.2. The molecule has 1 spiro atoms. The minimum absolute atomic E-state index is 0.154. The summed E-state index contributed by atoms with van der Waals surface area (Å²) in [5, 5.41) is 18.9. The number of urea groups is 1. The van der Waals surface area contributed by atoms with E-state index in [9.17, 15) is 24.3 Å². The van der Waals surface area contributed by atoms with Gasteiger partial charge >= 0.3 is 6.03 Å². The molecule has 9 rings (SSSR count). The number of amides is 5. The van der Waals surface area contributed by atoms with Crippen LogP contribution in [0.5, 0.6) is 5.75 Å². The highest BCUT2D eigenvalue weighted by Crippen LogP contribution is 2.36. The molecule has 0 aliphatic carbocycles. The molecule has 0 atom stereocenters. The fraction of sp³-hybridized carbons (Fsp3) is 0.346. The van der Waals surface area contributed by atoms with Crippen molar-refractivity contribution in [2.24, 2.45) is 0 Å². The van der Waals surface area contributed by atoms with Crippen LogP contribution >= 0.6 is 0 Å². The first-order chi connectivity index (χ1) is 33.6. The number of carbonyl (C=O) groups excluding carboxylic acids is 4. The van der Waals surface area contributed by atoms with Gasteiger partial charge in [0.05, 0.1) is 41.9 Å². The third-order valence-corrected chi connectivity index (χ3v) is 13.5. The van der Waals surface area contributed by atoms with Crippen molar-refractivity contribution < 1.29 is 42.5 Å². The normalized spacial score (nSPS) is 16.6. The average Bonchev–Trinajstić information content (AvgIpc) is 3.78. The molecule has 0 radical (unpaired) electrons. The number of nitrogens with one attached hydrogen (secondary N) is 4. The Morgan fingerprint density at radius 2 is 1.71 bits per heavy atom. The number of anilines is 2. The first-order valence-corrected chi connectivity index (χ1v) is 23.3. The zero-order valence-corrected chi connectivity index (χ0v) is 39.5. The number of halogens is 2. The highest BCUT2D eigenvalue weighted by Gasteiger charge is 2.39. The molecule has 3 aliphatic rings. The summed E-state index contributed by atoms with van der Waals surface area (Å²) in [5.74, 6) is -2.37. The van der Waals surface area contributed by atoms with Gasteiger partial charge in [0.25, 0.3) is 11.8 Å². The molecule has 3 saturated heterocycles. The van der Waals surface area contributed by atoms with Crippen molar-refractivity contribution in [3.8, 4) is 28.3 Å². The quantitative estimate of drug-likeness (QED) is 0.0808. The summed E-state index contributed by atoms with van der Waals surface area (Å²) in [6, 6.07) is 21.0. The molecule has 0 saturated carbocycles. The second kappa shape index (κ2) is 19.7. The van der Waals surface area contributed by atoms with Gasteiger partial charge in [0.1, 0.15) is 29.4 Å². The maximum absolute atomic E-state index is 15.2. The number of likely N-dealkylation sites (tertiary alicyclic amines) is 1. The summed E-state index contributed by atoms with van der Waals surface area (Å²) in [6.07, 6.45) is 3.31. The molecule has 0 unspecified atom stereocenters. The number of fused-ring (bicyclic) bond motifs is 1. The number of carbonyl (C=O) groups is 4. The zero-order valence-electron chi connectivity index (χ0n) is 39.5. The predicted molar refractivity (Wildman–Crippen MR) is 260 cm³/mol. The number of benzene rings is 4. The van der Waals surface area contributed by atoms with E-state index in [2.05, 4.69) is 65.0 Å². The van der Waals surface area contributed by atoms with Crippen molar-refractivity contribution in [3.63, 3.8) is 0 Å². The Kier molecular flexibility index (Phi) is 13.5. The number of ether oxygens (including phenoxy) is 2. The van der Waals surface area contributed by atoms with Crippen LogP contribution in [0.2, 0.25) is 0 Å². The fourth-order valence-electron chi connectivity index (χ4n) is 9.48. The van der Waals surface area contributed by atoms with E-state index >= 15 is 8.78 Å². The van der Waals surface area contributed by atoms with Gasteiger partial charge in [-0.15, -0.1) is 0 Å². The van der Waals surface area contributed by atoms with Gasteiger partial charge in [0.15, 0.2) is 0 Å². The van der Waals surface area contributed by atoms with Crippen LogP contribution in [-0.2, 0) is 21.7 Å². The van der Waals surface area contributed by atoms with Crippen LogP contribution in [0.1, 0.15) is 70.5 Å². The minimum atomic E-state index is -1.30. The lowest BCUT2D eigenvalue weighted by molar-refractivity contribution is -0.135. The van der Waals surface area contributed by atoms with Crippen LogP contribution in [-0.4, -0.2) is 119 Å². The Balaban J connectivity index is 0.789. The number of aliphatic hydroxyl groups is 1. The highest BCUT2D eigenvalue weighted by molar-refractivity contribution is 6.07. The second-order valence-electron chi connectivity index (χ2n) is 18.7. The monoisotopic (exact) mass is 955 g/mol. The molecule has 16 nitrogen and oxygen atoms in total. The summed E-state index contributed by atoms with van der Waals surface area (Å²) in [6.45, 7) is 10.7. The van der Waals surface area contributed by atoms with Crippen molar-refractivity contribution in [1.82, 2.24) is 35.4 Å². The topological polar surface area (TPSA) is 194 Å². The number of H-pyrrole nitrogens is 1. The van der Waals surface area contributed by atoms with Gasteiger partial charge in [-0.25, -0.2) is 23.5 Å². The number of aromatic nitrogens is 3. The number of rotatable bonds is 13. The number of hydrogen-bond acceptors (Lipinski definition) is 11. The third kappa shape index (κ3) is 10.3. The van der Waals surface area contributed by atoms with Gasteiger partial charge in [-0.05, 0) is 104 Å². The summed E-state index contributed by atoms with van der Waals surface area (Å²) < 4.78 is 42.1. The van der Waals surface area contributed by atoms with E-state index in [-0.39, 0.29) is 41.6 Å². The zero-order chi connectivity index (χ0) is 49.3. The molecule has 18 heteroatoms. The molecular weight excluding hydrogens is 901 g/mol. The van der Waals surface area contributed by atoms with E-state index in [4.69, 9.17) is 9.47 Å². The molecule has 70 heavy (non-hydrogen) atoms. The van der Waals surface area contributed by atoms with Crippen LogP contribution < -0.4 is 25.6 Å². The molecule has 5 N–H and O–H groups in total. The number of imide groups is 1. The Morgan fingerprint density at radius 3 is 2.44 bits per heavy atom. The summed E-state index contributed by atoms with van der Waals surface area (Å²) in [7, 11) is 1.49. The molecule has 3 fully saturated rings. The number of methoxy groups -OCH3 is 1. The van der Waals surface area contributed by atoms with E-state index < -0.39 is 29.2 Å². The molecule has 3 aliphatic heterocycles. The Morgan fingerprint density at radius 1 is 0.929 bits per heavy atom. The first kappa shape index (κ1) is 47.9. The van der Waals surface area contributed by atoms with Crippen LogP contribution in [0.25, 0.3) is 33.5 Å². The van der Waals surface area contributed by atoms with Crippen molar-refractivity contribution in [3.05, 3.63) is 125 Å². The van der Waals surface area contributed by atoms with Gasteiger partial charge < -0.3 is 30.2 Å². The summed E-state index contributed by atoms with van der Waals surface area (Å²) in [4.78, 5) is 69.2. The minimum Gasteiger partial charge on any atom is -0.495 e. The van der Waals surface area contributed by atoms with E-state index in [0.29, 0.717) is 70.1 Å². The smallest absolute Gasteiger partial charge is 0.328 e. The SMILES string of the molecule is COc1ccc(C(=O)NCCN2CCOC3(CCN(Cc4ccc(-c5cc6c(-c7cc(F)cc(NC(=O)c8ccc(C(C)(C)O)cc8F)c7C)ncnc6[nH]5)cc4)CC3)C2)cc1N1CCC(=O)NC1=O. The van der Waals surface area contributed by atoms with Crippen LogP contribution in [0, 0.1) is 18.6 Å². The van der Waals surface area contributed by atoms with Gasteiger partial charge in [0, 0.05) is 86.7 Å². The number of hydrogen-bond donors (Lipinski definition) is 5. The van der Waals surface area contributed by atoms with Crippen molar-refractivity contribution in [2.45, 2.75) is 57.8 Å². The summed E-state index contributed by atoms with van der Waals surface area (Å²) in [5.41, 5.74) is 4.36. The molecular formula is C52H55F2N9O7. The van der Waals surface area contributed by atoms with Gasteiger partial charge in [-0.3, -0.25) is 34.4 Å². The number of nitrogens with zero attached hydrogens (tertiary/aromatic N) is 5. The Bertz CT molecular complexity index is 2980. The number of piperidine rings is 1. The molecule has 6 aromatic rings. The lowest BCUT2D eigenvalue weighted by Gasteiger charge is -2.47. The predicted octanol–water partition coefficient (Wildman–Crippen LogP) is 6.91. The van der Waals surface area contributed by atoms with E-state index in [1.807, 2.05) is 6.07 Å². The van der Waals surface area contributed by atoms with Crippen LogP contribution in [0.3, 0.4) is 0 Å². The van der Waals surface area contributed by atoms with E-state index in [1.165, 1.54) is 56.4 Å². The van der Waals surface area contributed by atoms with E-state index in [1.54, 1.807) is 25.1 Å². The van der Waals surface area contributed by atoms with E-state index in [0.717, 1.165) is 68.5 Å². The first-order valence-electron chi connectivity index (χ1n) is 23.3. The Hall–Kier alpha value is -7.12. The van der Waals surface area contributed by atoms with Crippen molar-refractivity contribution >= 4 is 46.2 Å². The molecule has 0 bridgehead atoms. The standard InChI is InChI=1S/C52H55F2N9O7/c1-31-38(25-36(53)26-41(31)59-49(66)37-11-10-35(24-40(37)54)51(2,3)68)46-39-27-42(58-47(39)57-30-56-46)33-7-5-32(6-8-33)28-61-18-14-52(15-19-61)29-62(21-22-70-52)20-16-55-48(65)34-9-12-44(69-4)43(23-34)63-17-13-45(64)60-50(63)67/h5-12,23-27,30,68H,13-22,28-29H2,1-4H3,(H,55,65)(H,59,66)(H,56,57,58)(H,60,64,67). The van der Waals surface area contributed by atoms with Crippen molar-refractivity contribution in [2.75, 3.05) is 69.7 Å². The summed E-state index contributed by atoms with van der Waals surface area (Å²) >= 11 is 0. The van der Waals surface area contributed by atoms with Gasteiger partial charge in [0.2, 0.25) is 5.91 Å². The maximum Gasteiger partial charge on any atom is 0.328 e. The van der Waals surface area contributed by atoms with Crippen LogP contribution in [0.15, 0.2) is 85.2 Å². The molecule has 2 aromatic heterocycles. The van der Waals surface area contributed by atoms with Gasteiger partial charge in [-0.2, -0.15) is 0 Å². The third-order valence-electron chi connectivity index (χ3n) is 13.5. The molecule has 364 valence electrons. The molecule has 5 amide bonds. The van der Waals surface area contributed by atoms with Crippen molar-refractivity contribution in [1.29, 1.82) is 0 Å². The molecule has 5 heterocycles. The van der Waals surface area contributed by atoms with Gasteiger partial charge in [-0.1, -0.05) is 30.3 Å². The number of aromatic amines is 1. The van der Waals surface area contributed by atoms with Crippen LogP contribution in [0.4, 0.5) is 25.0 Å². The fourth-order valence-corrected chi connectivity index (χ4v) is 9.48. The highest BCUT2D eigenvalue weighted by atomic mass is 19.1.